The van der Waals surface area contributed by atoms with Crippen LogP contribution in [0, 0.1) is 0 Å². The van der Waals surface area contributed by atoms with Gasteiger partial charge in [-0.05, 0) is 28.8 Å². The van der Waals surface area contributed by atoms with Crippen LogP contribution in [-0.4, -0.2) is 30.3 Å². The van der Waals surface area contributed by atoms with Gasteiger partial charge >= 0.3 is 11.9 Å². The molecule has 0 aliphatic rings. The summed E-state index contributed by atoms with van der Waals surface area (Å²) in [7, 11) is 3.04. The van der Waals surface area contributed by atoms with E-state index in [9.17, 15) is 15.0 Å². The molecule has 3 aromatic carbocycles. The highest BCUT2D eigenvalue weighted by atomic mass is 35.5. The summed E-state index contributed by atoms with van der Waals surface area (Å²) in [6.07, 6.45) is 0. The lowest BCUT2D eigenvalue weighted by molar-refractivity contribution is -0.774. The topological polar surface area (TPSA) is 95.8 Å². The van der Waals surface area contributed by atoms with E-state index < -0.39 is 5.91 Å². The van der Waals surface area contributed by atoms with Crippen molar-refractivity contribution in [3.8, 4) is 29.1 Å². The molecule has 0 atom stereocenters. The number of nitrogens with one attached hydrogen (secondary N) is 1. The molecule has 1 aromatic heterocycles. The van der Waals surface area contributed by atoms with Gasteiger partial charge in [0.05, 0.1) is 14.2 Å². The van der Waals surface area contributed by atoms with Crippen LogP contribution in [0.4, 0.5) is 5.69 Å². The number of hydrogen-bond donors (Lipinski definition) is 3. The number of carbonyl (C=O) groups excluding carboxylic acids is 1. The minimum atomic E-state index is -0.393. The molecule has 8 nitrogen and oxygen atoms in total. The van der Waals surface area contributed by atoms with E-state index in [1.807, 2.05) is 0 Å². The van der Waals surface area contributed by atoms with Crippen LogP contribution >= 0.6 is 11.6 Å². The van der Waals surface area contributed by atoms with Gasteiger partial charge in [-0.25, -0.2) is 0 Å². The molecule has 0 spiro atoms. The van der Waals surface area contributed by atoms with E-state index >= 15 is 0 Å². The lowest BCUT2D eigenvalue weighted by atomic mass is 10.2. The molecule has 0 aliphatic heterocycles. The van der Waals surface area contributed by atoms with Crippen molar-refractivity contribution in [2.75, 3.05) is 19.5 Å². The first kappa shape index (κ1) is 22.2. The first-order valence-corrected chi connectivity index (χ1v) is 10.4. The summed E-state index contributed by atoms with van der Waals surface area (Å²) in [5.74, 6) is 0.437. The van der Waals surface area contributed by atoms with E-state index in [1.165, 1.54) is 23.4 Å². The molecule has 33 heavy (non-hydrogen) atoms. The summed E-state index contributed by atoms with van der Waals surface area (Å²) < 4.78 is 13.1. The Bertz CT molecular complexity index is 1360. The van der Waals surface area contributed by atoms with Crippen molar-refractivity contribution in [2.45, 2.75) is 6.54 Å². The molecular formula is C24H22ClN3O5+2. The van der Waals surface area contributed by atoms with Crippen molar-refractivity contribution in [3.05, 3.63) is 71.8 Å². The Balaban J connectivity index is 1.75. The molecule has 0 fully saturated rings. The molecule has 0 unspecified atom stereocenters. The second kappa shape index (κ2) is 9.22. The van der Waals surface area contributed by atoms with Crippen molar-refractivity contribution < 1.29 is 33.6 Å². The number of halogens is 1. The maximum Gasteiger partial charge on any atom is 0.638 e. The van der Waals surface area contributed by atoms with Crippen LogP contribution in [0.3, 0.4) is 0 Å². The summed E-state index contributed by atoms with van der Waals surface area (Å²) in [6.45, 7) is -0.221. The van der Waals surface area contributed by atoms with Crippen molar-refractivity contribution in [1.29, 1.82) is 0 Å². The number of ether oxygens (including phenoxy) is 2. The maximum atomic E-state index is 12.9. The number of anilines is 1. The number of hydrogen-bond acceptors (Lipinski definition) is 5. The number of fused-ring (bicyclic) bond motifs is 1. The van der Waals surface area contributed by atoms with Gasteiger partial charge in [0, 0.05) is 35.0 Å². The zero-order valence-electron chi connectivity index (χ0n) is 17.9. The number of methoxy groups -OCH3 is 2. The fraction of sp³-hybridized carbons (Fsp3) is 0.125. The Morgan fingerprint density at radius 2 is 1.73 bits per heavy atom. The maximum absolute atomic E-state index is 12.9. The van der Waals surface area contributed by atoms with Crippen molar-refractivity contribution in [1.82, 2.24) is 0 Å². The van der Waals surface area contributed by atoms with E-state index in [0.717, 1.165) is 0 Å². The second-order valence-corrected chi connectivity index (χ2v) is 7.60. The lowest BCUT2D eigenvalue weighted by Crippen LogP contribution is -2.49. The molecule has 0 radical (unpaired) electrons. The minimum Gasteiger partial charge on any atom is -0.493 e. The normalized spacial score (nSPS) is 10.8. The van der Waals surface area contributed by atoms with Gasteiger partial charge in [-0.15, -0.1) is 0 Å². The number of amides is 1. The fourth-order valence-electron chi connectivity index (χ4n) is 3.61. The molecule has 9 heteroatoms. The van der Waals surface area contributed by atoms with Crippen LogP contribution in [-0.2, 0) is 11.3 Å². The molecule has 3 N–H and O–H groups in total. The Labute approximate surface area is 194 Å². The van der Waals surface area contributed by atoms with E-state index in [4.69, 9.17) is 21.1 Å². The summed E-state index contributed by atoms with van der Waals surface area (Å²) in [4.78, 5) is 12.9. The van der Waals surface area contributed by atoms with Gasteiger partial charge in [0.1, 0.15) is 0 Å². The summed E-state index contributed by atoms with van der Waals surface area (Å²) in [5, 5.41) is 25.7. The van der Waals surface area contributed by atoms with Gasteiger partial charge in [0.25, 0.3) is 5.91 Å². The third-order valence-corrected chi connectivity index (χ3v) is 5.36. The fourth-order valence-corrected chi connectivity index (χ4v) is 3.79. The number of benzene rings is 3. The Morgan fingerprint density at radius 3 is 2.45 bits per heavy atom. The average molecular weight is 468 g/mol. The van der Waals surface area contributed by atoms with E-state index in [1.54, 1.807) is 66.7 Å². The number of rotatable bonds is 6. The van der Waals surface area contributed by atoms with Gasteiger partial charge in [0.2, 0.25) is 17.7 Å². The van der Waals surface area contributed by atoms with Gasteiger partial charge in [-0.3, -0.25) is 4.79 Å². The second-order valence-electron chi connectivity index (χ2n) is 7.16. The average Bonchev–Trinajstić information content (AvgIpc) is 2.82. The number of carbonyl (C=O) groups is 1. The number of para-hydroxylation sites is 1. The van der Waals surface area contributed by atoms with Crippen molar-refractivity contribution in [2.24, 2.45) is 0 Å². The Kier molecular flexibility index (Phi) is 6.19. The first-order chi connectivity index (χ1) is 15.9. The molecule has 1 amide bonds. The van der Waals surface area contributed by atoms with Crippen molar-refractivity contribution in [3.63, 3.8) is 0 Å². The highest BCUT2D eigenvalue weighted by Crippen LogP contribution is 2.30. The molecule has 0 saturated carbocycles. The van der Waals surface area contributed by atoms with E-state index in [0.29, 0.717) is 38.8 Å². The highest BCUT2D eigenvalue weighted by Gasteiger charge is 2.36. The van der Waals surface area contributed by atoms with Crippen LogP contribution in [0.15, 0.2) is 66.7 Å². The lowest BCUT2D eigenvalue weighted by Gasteiger charge is -2.10. The van der Waals surface area contributed by atoms with Crippen LogP contribution in [0.25, 0.3) is 16.6 Å². The number of aromatic nitrogens is 2. The predicted molar refractivity (Wildman–Crippen MR) is 122 cm³/mol. The van der Waals surface area contributed by atoms with Gasteiger partial charge in [0.15, 0.2) is 16.9 Å². The summed E-state index contributed by atoms with van der Waals surface area (Å²) >= 11 is 6.11. The largest absolute Gasteiger partial charge is 0.638 e. The smallest absolute Gasteiger partial charge is 0.493 e. The van der Waals surface area contributed by atoms with Crippen molar-refractivity contribution >= 4 is 34.1 Å². The van der Waals surface area contributed by atoms with Crippen LogP contribution in [0.2, 0.25) is 5.02 Å². The Hall–Kier alpha value is -4.04. The molecular weight excluding hydrogens is 446 g/mol. The molecule has 1 heterocycles. The van der Waals surface area contributed by atoms with Gasteiger partial charge in [-0.1, -0.05) is 34.4 Å². The quantitative estimate of drug-likeness (QED) is 0.379. The number of aromatic hydroxyl groups is 2. The first-order valence-electron chi connectivity index (χ1n) is 9.99. The summed E-state index contributed by atoms with van der Waals surface area (Å²) in [5.41, 5.74) is 1.43. The Morgan fingerprint density at radius 1 is 0.970 bits per heavy atom. The SMILES string of the molecule is COc1ccc(NC(=O)C[n+]2c(O)[n+](-c3cccc(Cl)c3)c(O)c3ccccc32)cc1OC. The number of nitrogens with zero attached hydrogens (tertiary/aromatic N) is 2. The predicted octanol–water partition coefficient (Wildman–Crippen LogP) is 3.12. The van der Waals surface area contributed by atoms with Crippen LogP contribution in [0.1, 0.15) is 0 Å². The van der Waals surface area contributed by atoms with Crippen LogP contribution < -0.4 is 23.9 Å². The molecule has 4 aromatic rings. The third-order valence-electron chi connectivity index (χ3n) is 5.12. The molecule has 0 aliphatic carbocycles. The summed E-state index contributed by atoms with van der Waals surface area (Å²) in [6, 6.07) is 18.3. The highest BCUT2D eigenvalue weighted by molar-refractivity contribution is 6.30. The molecule has 0 bridgehead atoms. The molecule has 4 rings (SSSR count). The monoisotopic (exact) mass is 467 g/mol. The van der Waals surface area contributed by atoms with E-state index in [2.05, 4.69) is 5.32 Å². The third kappa shape index (κ3) is 4.33. The minimum absolute atomic E-state index is 0.179. The molecule has 0 saturated heterocycles. The zero-order chi connectivity index (χ0) is 23.5. The zero-order valence-corrected chi connectivity index (χ0v) is 18.7. The van der Waals surface area contributed by atoms with E-state index in [-0.39, 0.29) is 18.4 Å². The van der Waals surface area contributed by atoms with Gasteiger partial charge < -0.3 is 25.0 Å². The van der Waals surface area contributed by atoms with Crippen LogP contribution in [0.5, 0.6) is 23.4 Å². The molecule has 168 valence electrons. The van der Waals surface area contributed by atoms with Gasteiger partial charge in [-0.2, -0.15) is 0 Å². The standard InChI is InChI=1S/C24H20ClN3O5/c1-32-20-11-10-16(13-21(20)33-2)26-22(29)14-27-19-9-4-3-8-18(19)23(30)28(24(27)31)17-7-5-6-15(25)12-17/h3-13H,14H2,1-2H3,(H,26,29)/p+2.